The molecule has 0 saturated carbocycles. The predicted molar refractivity (Wildman–Crippen MR) is 84.2 cm³/mol. The van der Waals surface area contributed by atoms with E-state index in [1.807, 2.05) is 18.2 Å². The first kappa shape index (κ1) is 16.0. The standard InChI is InChI=1S/C16H22ClN3O/c1-11(2)9-20(10-16-19-18-13(4)21-16)12(3)14-7-5-6-8-15(14)17/h5-8,11-12H,9-10H2,1-4H3/t12-/m1/s1. The molecule has 1 aromatic heterocycles. The highest BCUT2D eigenvalue weighted by atomic mass is 35.5. The van der Waals surface area contributed by atoms with Crippen LogP contribution in [0.3, 0.4) is 0 Å². The highest BCUT2D eigenvalue weighted by Crippen LogP contribution is 2.28. The average Bonchev–Trinajstić information content (AvgIpc) is 2.83. The van der Waals surface area contributed by atoms with Gasteiger partial charge in [0.25, 0.3) is 0 Å². The van der Waals surface area contributed by atoms with E-state index in [4.69, 9.17) is 16.0 Å². The second kappa shape index (κ2) is 7.05. The van der Waals surface area contributed by atoms with Crippen LogP contribution in [0.4, 0.5) is 0 Å². The van der Waals surface area contributed by atoms with Crippen molar-refractivity contribution in [3.63, 3.8) is 0 Å². The summed E-state index contributed by atoms with van der Waals surface area (Å²) in [5.74, 6) is 1.78. The smallest absolute Gasteiger partial charge is 0.230 e. The zero-order chi connectivity index (χ0) is 15.4. The number of rotatable bonds is 6. The number of hydrogen-bond donors (Lipinski definition) is 0. The Morgan fingerprint density at radius 1 is 1.19 bits per heavy atom. The van der Waals surface area contributed by atoms with Gasteiger partial charge >= 0.3 is 0 Å². The maximum atomic E-state index is 6.33. The minimum atomic E-state index is 0.188. The summed E-state index contributed by atoms with van der Waals surface area (Å²) in [6, 6.07) is 8.15. The lowest BCUT2D eigenvalue weighted by Gasteiger charge is -2.30. The van der Waals surface area contributed by atoms with E-state index < -0.39 is 0 Å². The lowest BCUT2D eigenvalue weighted by molar-refractivity contribution is 0.161. The lowest BCUT2D eigenvalue weighted by Crippen LogP contribution is -2.30. The van der Waals surface area contributed by atoms with E-state index >= 15 is 0 Å². The van der Waals surface area contributed by atoms with E-state index in [2.05, 4.69) is 41.9 Å². The maximum absolute atomic E-state index is 6.33. The number of hydrogen-bond acceptors (Lipinski definition) is 4. The third-order valence-electron chi connectivity index (χ3n) is 3.41. The van der Waals surface area contributed by atoms with Crippen LogP contribution in [0, 0.1) is 12.8 Å². The van der Waals surface area contributed by atoms with Gasteiger partial charge in [0.15, 0.2) is 0 Å². The van der Waals surface area contributed by atoms with E-state index in [-0.39, 0.29) is 6.04 Å². The molecule has 0 amide bonds. The normalized spacial score (nSPS) is 13.1. The molecule has 2 aromatic rings. The second-order valence-corrected chi connectivity index (χ2v) is 6.14. The first-order valence-corrected chi connectivity index (χ1v) is 7.62. The Morgan fingerprint density at radius 3 is 2.48 bits per heavy atom. The van der Waals surface area contributed by atoms with Crippen LogP contribution in [0.15, 0.2) is 28.7 Å². The fraction of sp³-hybridized carbons (Fsp3) is 0.500. The number of aryl methyl sites for hydroxylation is 1. The highest BCUT2D eigenvalue weighted by Gasteiger charge is 2.21. The topological polar surface area (TPSA) is 42.2 Å². The summed E-state index contributed by atoms with van der Waals surface area (Å²) in [5, 5.41) is 8.79. The van der Waals surface area contributed by atoms with E-state index in [0.29, 0.717) is 24.2 Å². The van der Waals surface area contributed by atoms with E-state index in [1.165, 1.54) is 0 Å². The molecule has 0 bridgehead atoms. The lowest BCUT2D eigenvalue weighted by atomic mass is 10.1. The summed E-state index contributed by atoms with van der Waals surface area (Å²) in [6.45, 7) is 9.93. The summed E-state index contributed by atoms with van der Waals surface area (Å²) in [4.78, 5) is 2.32. The van der Waals surface area contributed by atoms with E-state index in [1.54, 1.807) is 6.92 Å². The molecule has 2 rings (SSSR count). The van der Waals surface area contributed by atoms with Crippen molar-refractivity contribution in [2.24, 2.45) is 5.92 Å². The molecular weight excluding hydrogens is 286 g/mol. The molecule has 0 aliphatic rings. The molecule has 0 fully saturated rings. The van der Waals surface area contributed by atoms with Crippen LogP contribution in [0.5, 0.6) is 0 Å². The highest BCUT2D eigenvalue weighted by molar-refractivity contribution is 6.31. The molecular formula is C16H22ClN3O. The molecule has 0 aliphatic heterocycles. The summed E-state index contributed by atoms with van der Waals surface area (Å²) in [6.07, 6.45) is 0. The van der Waals surface area contributed by atoms with Gasteiger partial charge in [0.2, 0.25) is 11.8 Å². The van der Waals surface area contributed by atoms with Gasteiger partial charge in [-0.3, -0.25) is 4.90 Å². The Bertz CT molecular complexity index is 582. The van der Waals surface area contributed by atoms with Crippen LogP contribution >= 0.6 is 11.6 Å². The van der Waals surface area contributed by atoms with Gasteiger partial charge in [-0.15, -0.1) is 10.2 Å². The summed E-state index contributed by atoms with van der Waals surface area (Å²) in [5.41, 5.74) is 1.12. The molecule has 0 spiro atoms. The second-order valence-electron chi connectivity index (χ2n) is 5.74. The Labute approximate surface area is 131 Å². The minimum Gasteiger partial charge on any atom is -0.424 e. The molecule has 1 heterocycles. The van der Waals surface area contributed by atoms with Crippen molar-refractivity contribution in [3.05, 3.63) is 46.6 Å². The molecule has 0 aliphatic carbocycles. The number of aromatic nitrogens is 2. The molecule has 1 atom stereocenters. The summed E-state index contributed by atoms with van der Waals surface area (Å²) < 4.78 is 5.51. The molecule has 0 saturated heterocycles. The van der Waals surface area contributed by atoms with Crippen molar-refractivity contribution in [3.8, 4) is 0 Å². The van der Waals surface area contributed by atoms with Crippen molar-refractivity contribution in [1.82, 2.24) is 15.1 Å². The zero-order valence-corrected chi connectivity index (χ0v) is 13.8. The molecule has 4 nitrogen and oxygen atoms in total. The molecule has 0 radical (unpaired) electrons. The third-order valence-corrected chi connectivity index (χ3v) is 3.75. The van der Waals surface area contributed by atoms with Gasteiger partial charge in [-0.2, -0.15) is 0 Å². The fourth-order valence-electron chi connectivity index (χ4n) is 2.41. The van der Waals surface area contributed by atoms with Crippen molar-refractivity contribution in [2.75, 3.05) is 6.54 Å². The van der Waals surface area contributed by atoms with Gasteiger partial charge in [-0.25, -0.2) is 0 Å². The molecule has 21 heavy (non-hydrogen) atoms. The Morgan fingerprint density at radius 2 is 1.90 bits per heavy atom. The summed E-state index contributed by atoms with van der Waals surface area (Å²) >= 11 is 6.33. The van der Waals surface area contributed by atoms with Crippen molar-refractivity contribution < 1.29 is 4.42 Å². The number of nitrogens with zero attached hydrogens (tertiary/aromatic N) is 3. The quantitative estimate of drug-likeness (QED) is 0.800. The van der Waals surface area contributed by atoms with Gasteiger partial charge in [0.05, 0.1) is 6.54 Å². The molecule has 0 unspecified atom stereocenters. The largest absolute Gasteiger partial charge is 0.424 e. The van der Waals surface area contributed by atoms with Crippen LogP contribution in [0.25, 0.3) is 0 Å². The van der Waals surface area contributed by atoms with Gasteiger partial charge in [0.1, 0.15) is 0 Å². The van der Waals surface area contributed by atoms with Crippen molar-refractivity contribution >= 4 is 11.6 Å². The molecule has 0 N–H and O–H groups in total. The van der Waals surface area contributed by atoms with E-state index in [0.717, 1.165) is 17.1 Å². The predicted octanol–water partition coefficient (Wildman–Crippen LogP) is 4.25. The van der Waals surface area contributed by atoms with Gasteiger partial charge in [-0.05, 0) is 24.5 Å². The molecule has 1 aromatic carbocycles. The van der Waals surface area contributed by atoms with E-state index in [9.17, 15) is 0 Å². The van der Waals surface area contributed by atoms with Gasteiger partial charge in [0, 0.05) is 24.5 Å². The molecule has 5 heteroatoms. The Kier molecular flexibility index (Phi) is 5.37. The first-order chi connectivity index (χ1) is 9.97. The van der Waals surface area contributed by atoms with Crippen LogP contribution in [-0.2, 0) is 6.54 Å². The SMILES string of the molecule is Cc1nnc(CN(CC(C)C)[C@H](C)c2ccccc2Cl)o1. The monoisotopic (exact) mass is 307 g/mol. The minimum absolute atomic E-state index is 0.188. The van der Waals surface area contributed by atoms with Crippen molar-refractivity contribution in [2.45, 2.75) is 40.3 Å². The van der Waals surface area contributed by atoms with Gasteiger partial charge < -0.3 is 4.42 Å². The van der Waals surface area contributed by atoms with Gasteiger partial charge in [-0.1, -0.05) is 43.6 Å². The number of halogens is 1. The Hall–Kier alpha value is -1.39. The van der Waals surface area contributed by atoms with Crippen LogP contribution < -0.4 is 0 Å². The fourth-order valence-corrected chi connectivity index (χ4v) is 2.71. The van der Waals surface area contributed by atoms with Crippen molar-refractivity contribution in [1.29, 1.82) is 0 Å². The zero-order valence-electron chi connectivity index (χ0n) is 13.0. The van der Waals surface area contributed by atoms with Crippen LogP contribution in [-0.4, -0.2) is 21.6 Å². The maximum Gasteiger partial charge on any atom is 0.230 e. The third kappa shape index (κ3) is 4.29. The average molecular weight is 308 g/mol. The van der Waals surface area contributed by atoms with Crippen LogP contribution in [0.1, 0.15) is 44.2 Å². The number of benzene rings is 1. The summed E-state index contributed by atoms with van der Waals surface area (Å²) in [7, 11) is 0. The first-order valence-electron chi connectivity index (χ1n) is 7.24. The molecule has 114 valence electrons. The Balaban J connectivity index is 2.20. The van der Waals surface area contributed by atoms with Crippen LogP contribution in [0.2, 0.25) is 5.02 Å².